The topological polar surface area (TPSA) is 104 Å². The van der Waals surface area contributed by atoms with Gasteiger partial charge in [-0.05, 0) is 19.4 Å². The molecule has 126 valence electrons. The molecular formula is C15H19NO6S. The molecule has 0 saturated heterocycles. The summed E-state index contributed by atoms with van der Waals surface area (Å²) in [6.07, 6.45) is 3.28. The number of esters is 1. The van der Waals surface area contributed by atoms with E-state index in [0.29, 0.717) is 6.42 Å². The van der Waals surface area contributed by atoms with Crippen LogP contribution in [0.3, 0.4) is 0 Å². The second-order valence-electron chi connectivity index (χ2n) is 4.90. The second-order valence-corrected chi connectivity index (χ2v) is 7.17. The summed E-state index contributed by atoms with van der Waals surface area (Å²) in [4.78, 5) is 21.4. The fourth-order valence-corrected chi connectivity index (χ4v) is 3.38. The number of nitro benzene ring substituents is 1. The van der Waals surface area contributed by atoms with Crippen LogP contribution < -0.4 is 0 Å². The lowest BCUT2D eigenvalue weighted by atomic mass is 10.1. The zero-order valence-corrected chi connectivity index (χ0v) is 13.9. The molecule has 0 aliphatic carbocycles. The van der Waals surface area contributed by atoms with E-state index in [9.17, 15) is 23.3 Å². The first kappa shape index (κ1) is 18.8. The monoisotopic (exact) mass is 341 g/mol. The zero-order chi connectivity index (χ0) is 17.6. The van der Waals surface area contributed by atoms with Crippen molar-refractivity contribution >= 4 is 21.5 Å². The van der Waals surface area contributed by atoms with Crippen molar-refractivity contribution in [3.05, 3.63) is 46.5 Å². The van der Waals surface area contributed by atoms with Gasteiger partial charge in [0.1, 0.15) is 4.90 Å². The fourth-order valence-electron chi connectivity index (χ4n) is 1.98. The molecular weight excluding hydrogens is 322 g/mol. The minimum Gasteiger partial charge on any atom is -0.469 e. The quantitative estimate of drug-likeness (QED) is 0.327. The number of benzene rings is 1. The molecule has 8 heteroatoms. The molecule has 0 aliphatic heterocycles. The molecule has 0 saturated carbocycles. The normalized spacial score (nSPS) is 14.4. The highest BCUT2D eigenvalue weighted by Gasteiger charge is 2.29. The van der Waals surface area contributed by atoms with Gasteiger partial charge < -0.3 is 4.74 Å². The van der Waals surface area contributed by atoms with E-state index in [-0.39, 0.29) is 4.90 Å². The van der Waals surface area contributed by atoms with Crippen molar-refractivity contribution in [2.75, 3.05) is 7.11 Å². The van der Waals surface area contributed by atoms with Crippen molar-refractivity contribution in [3.8, 4) is 0 Å². The van der Waals surface area contributed by atoms with Crippen LogP contribution in [-0.4, -0.2) is 31.7 Å². The molecule has 2 atom stereocenters. The van der Waals surface area contributed by atoms with E-state index in [0.717, 1.165) is 6.07 Å². The molecule has 0 bridgehead atoms. The minimum absolute atomic E-state index is 0.340. The summed E-state index contributed by atoms with van der Waals surface area (Å²) >= 11 is 0. The van der Waals surface area contributed by atoms with Crippen LogP contribution in [0.4, 0.5) is 5.69 Å². The van der Waals surface area contributed by atoms with Gasteiger partial charge in [-0.25, -0.2) is 8.42 Å². The van der Waals surface area contributed by atoms with Gasteiger partial charge in [-0.3, -0.25) is 14.9 Å². The Kier molecular flexibility index (Phi) is 6.44. The Balaban J connectivity index is 3.14. The summed E-state index contributed by atoms with van der Waals surface area (Å²) in [5, 5.41) is 9.98. The molecule has 0 spiro atoms. The number of para-hydroxylation sites is 1. The number of nitrogens with zero attached hydrogens (tertiary/aromatic N) is 1. The lowest BCUT2D eigenvalue weighted by Gasteiger charge is -2.11. The van der Waals surface area contributed by atoms with Gasteiger partial charge in [-0.1, -0.05) is 31.2 Å². The predicted molar refractivity (Wildman–Crippen MR) is 84.7 cm³/mol. The van der Waals surface area contributed by atoms with Crippen molar-refractivity contribution in [2.45, 2.75) is 30.4 Å². The third-order valence-electron chi connectivity index (χ3n) is 3.42. The highest BCUT2D eigenvalue weighted by Crippen LogP contribution is 2.27. The maximum atomic E-state index is 12.5. The van der Waals surface area contributed by atoms with Gasteiger partial charge in [-0.15, -0.1) is 0 Å². The van der Waals surface area contributed by atoms with E-state index >= 15 is 0 Å². The lowest BCUT2D eigenvalue weighted by molar-refractivity contribution is -0.387. The summed E-state index contributed by atoms with van der Waals surface area (Å²) in [5.41, 5.74) is -0.465. The molecule has 0 amide bonds. The molecule has 1 aromatic carbocycles. The molecule has 1 rings (SSSR count). The first-order chi connectivity index (χ1) is 10.8. The molecule has 0 aromatic heterocycles. The highest BCUT2D eigenvalue weighted by molar-refractivity contribution is 7.92. The van der Waals surface area contributed by atoms with E-state index < -0.39 is 37.6 Å². The Hall–Kier alpha value is -2.22. The van der Waals surface area contributed by atoms with Gasteiger partial charge in [0, 0.05) is 6.07 Å². The van der Waals surface area contributed by atoms with Crippen LogP contribution in [0.5, 0.6) is 0 Å². The molecule has 0 radical (unpaired) electrons. The third kappa shape index (κ3) is 4.38. The number of nitro groups is 1. The van der Waals surface area contributed by atoms with E-state index in [2.05, 4.69) is 4.74 Å². The minimum atomic E-state index is -3.93. The number of ether oxygens (including phenoxy) is 1. The standard InChI is InChI=1S/C15H19NO6S/c1-4-12(15(17)22-3)10-9-11(2)23(20,21)14-8-6-5-7-13(14)16(18)19/h5-12H,4H2,1-3H3/t11-,12+/m0/s1. The first-order valence-corrected chi connectivity index (χ1v) is 8.53. The van der Waals surface area contributed by atoms with Gasteiger partial charge in [0.2, 0.25) is 0 Å². The Bertz CT molecular complexity index is 710. The maximum Gasteiger partial charge on any atom is 0.312 e. The van der Waals surface area contributed by atoms with Gasteiger partial charge in [0.05, 0.1) is 23.2 Å². The maximum absolute atomic E-state index is 12.5. The number of rotatable bonds is 7. The molecule has 23 heavy (non-hydrogen) atoms. The van der Waals surface area contributed by atoms with Crippen LogP contribution in [0.2, 0.25) is 0 Å². The van der Waals surface area contributed by atoms with Crippen LogP contribution in [0.1, 0.15) is 20.3 Å². The summed E-state index contributed by atoms with van der Waals surface area (Å²) in [7, 11) is -2.68. The molecule has 0 fully saturated rings. The summed E-state index contributed by atoms with van der Waals surface area (Å²) in [5.74, 6) is -1.01. The summed E-state index contributed by atoms with van der Waals surface area (Å²) < 4.78 is 29.7. The van der Waals surface area contributed by atoms with Crippen molar-refractivity contribution in [3.63, 3.8) is 0 Å². The number of carbonyl (C=O) groups is 1. The molecule has 0 unspecified atom stereocenters. The fraction of sp³-hybridized carbons (Fsp3) is 0.400. The number of carbonyl (C=O) groups excluding carboxylic acids is 1. The van der Waals surface area contributed by atoms with Crippen molar-refractivity contribution in [1.29, 1.82) is 0 Å². The van der Waals surface area contributed by atoms with E-state index in [1.165, 1.54) is 44.4 Å². The first-order valence-electron chi connectivity index (χ1n) is 6.99. The van der Waals surface area contributed by atoms with Gasteiger partial charge in [0.25, 0.3) is 5.69 Å². The number of hydrogen-bond acceptors (Lipinski definition) is 6. The predicted octanol–water partition coefficient (Wildman–Crippen LogP) is 2.51. The number of methoxy groups -OCH3 is 1. The average Bonchev–Trinajstić information content (AvgIpc) is 2.54. The number of hydrogen-bond donors (Lipinski definition) is 0. The highest BCUT2D eigenvalue weighted by atomic mass is 32.2. The van der Waals surface area contributed by atoms with E-state index in [1.54, 1.807) is 6.92 Å². The summed E-state index contributed by atoms with van der Waals surface area (Å²) in [6, 6.07) is 5.18. The smallest absolute Gasteiger partial charge is 0.312 e. The third-order valence-corrected chi connectivity index (χ3v) is 5.51. The van der Waals surface area contributed by atoms with Crippen LogP contribution in [-0.2, 0) is 19.4 Å². The van der Waals surface area contributed by atoms with Crippen LogP contribution in [0.15, 0.2) is 41.3 Å². The van der Waals surface area contributed by atoms with Crippen LogP contribution >= 0.6 is 0 Å². The zero-order valence-electron chi connectivity index (χ0n) is 13.1. The molecule has 7 nitrogen and oxygen atoms in total. The molecule has 0 aliphatic rings. The largest absolute Gasteiger partial charge is 0.469 e. The second kappa shape index (κ2) is 7.87. The van der Waals surface area contributed by atoms with Crippen molar-refractivity contribution < 1.29 is 22.9 Å². The molecule has 0 N–H and O–H groups in total. The van der Waals surface area contributed by atoms with Crippen LogP contribution in [0.25, 0.3) is 0 Å². The number of sulfone groups is 1. The Morgan fingerprint density at radius 1 is 1.35 bits per heavy atom. The van der Waals surface area contributed by atoms with Crippen molar-refractivity contribution in [1.82, 2.24) is 0 Å². The van der Waals surface area contributed by atoms with Crippen LogP contribution in [0, 0.1) is 16.0 Å². The van der Waals surface area contributed by atoms with Gasteiger partial charge in [0.15, 0.2) is 9.84 Å². The van der Waals surface area contributed by atoms with E-state index in [1.807, 2.05) is 0 Å². The molecule has 1 aromatic rings. The Morgan fingerprint density at radius 2 is 1.96 bits per heavy atom. The van der Waals surface area contributed by atoms with Crippen molar-refractivity contribution in [2.24, 2.45) is 5.92 Å². The Labute approximate surface area is 135 Å². The lowest BCUT2D eigenvalue weighted by Crippen LogP contribution is -2.18. The summed E-state index contributed by atoms with van der Waals surface area (Å²) in [6.45, 7) is 3.18. The average molecular weight is 341 g/mol. The van der Waals surface area contributed by atoms with Gasteiger partial charge in [-0.2, -0.15) is 0 Å². The SMILES string of the molecule is CC[C@H](C=C[C@H](C)S(=O)(=O)c1ccccc1[N+](=O)[O-])C(=O)OC. The molecule has 0 heterocycles. The van der Waals surface area contributed by atoms with Gasteiger partial charge >= 0.3 is 5.97 Å². The Morgan fingerprint density at radius 3 is 2.48 bits per heavy atom. The van der Waals surface area contributed by atoms with E-state index in [4.69, 9.17) is 0 Å².